The Kier molecular flexibility index (Phi) is 5.06. The molecule has 2 aromatic rings. The summed E-state index contributed by atoms with van der Waals surface area (Å²) in [5.41, 5.74) is 1.76. The molecule has 1 atom stereocenters. The van der Waals surface area contributed by atoms with E-state index in [4.69, 9.17) is 9.40 Å². The number of nitrogens with zero attached hydrogens (tertiary/aromatic N) is 4. The molecule has 0 aliphatic carbocycles. The van der Waals surface area contributed by atoms with Crippen molar-refractivity contribution in [2.45, 2.75) is 59.3 Å². The van der Waals surface area contributed by atoms with E-state index in [9.17, 15) is 4.79 Å². The van der Waals surface area contributed by atoms with Gasteiger partial charge in [-0.05, 0) is 46.5 Å². The molecule has 1 amide bonds. The molecule has 2 aliphatic heterocycles. The number of piperidine rings is 1. The topological polar surface area (TPSA) is 62.5 Å². The fraction of sp³-hybridized carbons (Fsp3) is 0.667. The second-order valence-electron chi connectivity index (χ2n) is 8.08. The number of carbonyl (C=O) groups excluding carboxylic acids is 1. The standard InChI is InChI=1S/C21H30N4O2/c1-14-15(2)27-20-18(14)19(22-16(3)23-20)25-12-8-9-17(13-25)21(26)24-10-6-4-5-7-11-24/h17H,4-13H2,1-3H3. The summed E-state index contributed by atoms with van der Waals surface area (Å²) < 4.78 is 5.84. The molecule has 6 nitrogen and oxygen atoms in total. The van der Waals surface area contributed by atoms with E-state index in [0.29, 0.717) is 17.4 Å². The van der Waals surface area contributed by atoms with Gasteiger partial charge in [0, 0.05) is 31.7 Å². The third kappa shape index (κ3) is 3.54. The molecular weight excluding hydrogens is 340 g/mol. The second kappa shape index (κ2) is 7.49. The minimum Gasteiger partial charge on any atom is -0.443 e. The summed E-state index contributed by atoms with van der Waals surface area (Å²) in [4.78, 5) is 26.7. The van der Waals surface area contributed by atoms with Crippen molar-refractivity contribution in [3.8, 4) is 0 Å². The number of rotatable bonds is 2. The van der Waals surface area contributed by atoms with Crippen LogP contribution in [0.3, 0.4) is 0 Å². The largest absolute Gasteiger partial charge is 0.443 e. The molecule has 27 heavy (non-hydrogen) atoms. The molecule has 4 rings (SSSR count). The zero-order chi connectivity index (χ0) is 19.0. The van der Waals surface area contributed by atoms with Gasteiger partial charge in [0.15, 0.2) is 0 Å². The van der Waals surface area contributed by atoms with Crippen LogP contribution in [-0.2, 0) is 4.79 Å². The molecule has 0 saturated carbocycles. The van der Waals surface area contributed by atoms with Crippen LogP contribution in [0.15, 0.2) is 4.42 Å². The van der Waals surface area contributed by atoms with Gasteiger partial charge in [0.25, 0.3) is 0 Å². The van der Waals surface area contributed by atoms with Crippen LogP contribution in [0, 0.1) is 26.7 Å². The van der Waals surface area contributed by atoms with Gasteiger partial charge in [0.05, 0.1) is 11.3 Å². The number of amides is 1. The van der Waals surface area contributed by atoms with Crippen molar-refractivity contribution in [1.29, 1.82) is 0 Å². The van der Waals surface area contributed by atoms with Gasteiger partial charge in [-0.25, -0.2) is 4.98 Å². The zero-order valence-corrected chi connectivity index (χ0v) is 16.8. The SMILES string of the molecule is Cc1nc(N2CCCC(C(=O)N3CCCCCC3)C2)c2c(C)c(C)oc2n1. The molecule has 0 aromatic carbocycles. The lowest BCUT2D eigenvalue weighted by Crippen LogP contribution is -2.45. The van der Waals surface area contributed by atoms with Gasteiger partial charge in [0.1, 0.15) is 17.4 Å². The molecule has 0 radical (unpaired) electrons. The van der Waals surface area contributed by atoms with E-state index >= 15 is 0 Å². The Bertz CT molecular complexity index is 836. The fourth-order valence-electron chi connectivity index (χ4n) is 4.48. The number of furan rings is 1. The average molecular weight is 370 g/mol. The molecule has 2 fully saturated rings. The minimum atomic E-state index is 0.0653. The molecule has 2 aliphatic rings. The van der Waals surface area contributed by atoms with Gasteiger partial charge in [0.2, 0.25) is 11.6 Å². The Hall–Kier alpha value is -2.11. The maximum atomic E-state index is 13.1. The highest BCUT2D eigenvalue weighted by Gasteiger charge is 2.31. The van der Waals surface area contributed by atoms with Crippen LogP contribution in [0.25, 0.3) is 11.1 Å². The predicted molar refractivity (Wildman–Crippen MR) is 106 cm³/mol. The number of likely N-dealkylation sites (tertiary alicyclic amines) is 1. The van der Waals surface area contributed by atoms with Crippen LogP contribution in [-0.4, -0.2) is 47.0 Å². The first kappa shape index (κ1) is 18.3. The molecule has 1 unspecified atom stereocenters. The van der Waals surface area contributed by atoms with Crippen LogP contribution in [0.4, 0.5) is 5.82 Å². The predicted octanol–water partition coefficient (Wildman–Crippen LogP) is 3.77. The molecule has 0 bridgehead atoms. The highest BCUT2D eigenvalue weighted by Crippen LogP contribution is 2.33. The van der Waals surface area contributed by atoms with E-state index < -0.39 is 0 Å². The van der Waals surface area contributed by atoms with Gasteiger partial charge in [-0.2, -0.15) is 4.98 Å². The summed E-state index contributed by atoms with van der Waals surface area (Å²) in [6.45, 7) is 9.45. The molecule has 6 heteroatoms. The monoisotopic (exact) mass is 370 g/mol. The molecular formula is C21H30N4O2. The second-order valence-corrected chi connectivity index (χ2v) is 8.08. The van der Waals surface area contributed by atoms with Crippen LogP contribution < -0.4 is 4.90 Å². The Labute approximate surface area is 160 Å². The summed E-state index contributed by atoms with van der Waals surface area (Å²) >= 11 is 0. The Balaban J connectivity index is 1.60. The zero-order valence-electron chi connectivity index (χ0n) is 16.8. The quantitative estimate of drug-likeness (QED) is 0.805. The van der Waals surface area contributed by atoms with Crippen molar-refractivity contribution in [3.05, 3.63) is 17.1 Å². The van der Waals surface area contributed by atoms with Gasteiger partial charge >= 0.3 is 0 Å². The van der Waals surface area contributed by atoms with Gasteiger partial charge in [-0.1, -0.05) is 12.8 Å². The smallest absolute Gasteiger partial charge is 0.231 e. The summed E-state index contributed by atoms with van der Waals surface area (Å²) in [5, 5.41) is 1.00. The molecule has 2 saturated heterocycles. The summed E-state index contributed by atoms with van der Waals surface area (Å²) in [6, 6.07) is 0. The van der Waals surface area contributed by atoms with Crippen LogP contribution in [0.5, 0.6) is 0 Å². The maximum Gasteiger partial charge on any atom is 0.231 e. The summed E-state index contributed by atoms with van der Waals surface area (Å²) in [5.74, 6) is 2.94. The molecule has 146 valence electrons. The first-order valence-corrected chi connectivity index (χ1v) is 10.3. The first-order valence-electron chi connectivity index (χ1n) is 10.3. The molecule has 4 heterocycles. The average Bonchev–Trinajstić information content (AvgIpc) is 2.85. The number of fused-ring (bicyclic) bond motifs is 1. The Morgan fingerprint density at radius 1 is 1.00 bits per heavy atom. The van der Waals surface area contributed by atoms with Crippen molar-refractivity contribution in [2.24, 2.45) is 5.92 Å². The lowest BCUT2D eigenvalue weighted by molar-refractivity contribution is -0.135. The van der Waals surface area contributed by atoms with Crippen LogP contribution in [0.2, 0.25) is 0 Å². The number of anilines is 1. The van der Waals surface area contributed by atoms with E-state index in [2.05, 4.69) is 21.7 Å². The third-order valence-electron chi connectivity index (χ3n) is 6.11. The van der Waals surface area contributed by atoms with Crippen molar-refractivity contribution < 1.29 is 9.21 Å². The van der Waals surface area contributed by atoms with Crippen molar-refractivity contribution in [1.82, 2.24) is 14.9 Å². The first-order chi connectivity index (χ1) is 13.0. The normalized spacial score (nSPS) is 21.5. The number of aryl methyl sites for hydroxylation is 3. The van der Waals surface area contributed by atoms with Crippen molar-refractivity contribution >= 4 is 22.8 Å². The Morgan fingerprint density at radius 2 is 1.74 bits per heavy atom. The highest BCUT2D eigenvalue weighted by molar-refractivity contribution is 5.90. The Morgan fingerprint density at radius 3 is 2.48 bits per heavy atom. The van der Waals surface area contributed by atoms with Gasteiger partial charge in [-0.15, -0.1) is 0 Å². The van der Waals surface area contributed by atoms with Crippen LogP contribution >= 0.6 is 0 Å². The number of hydrogen-bond acceptors (Lipinski definition) is 5. The van der Waals surface area contributed by atoms with E-state index in [1.54, 1.807) is 0 Å². The fourth-order valence-corrected chi connectivity index (χ4v) is 4.48. The van der Waals surface area contributed by atoms with E-state index in [1.165, 1.54) is 12.8 Å². The minimum absolute atomic E-state index is 0.0653. The van der Waals surface area contributed by atoms with E-state index in [-0.39, 0.29) is 5.92 Å². The van der Waals surface area contributed by atoms with Gasteiger partial charge in [-0.3, -0.25) is 4.79 Å². The molecule has 0 spiro atoms. The lowest BCUT2D eigenvalue weighted by Gasteiger charge is -2.35. The highest BCUT2D eigenvalue weighted by atomic mass is 16.3. The molecule has 0 N–H and O–H groups in total. The van der Waals surface area contributed by atoms with Crippen molar-refractivity contribution in [2.75, 3.05) is 31.1 Å². The molecule has 2 aromatic heterocycles. The van der Waals surface area contributed by atoms with Crippen molar-refractivity contribution in [3.63, 3.8) is 0 Å². The maximum absolute atomic E-state index is 13.1. The van der Waals surface area contributed by atoms with E-state index in [1.807, 2.05) is 13.8 Å². The third-order valence-corrected chi connectivity index (χ3v) is 6.11. The van der Waals surface area contributed by atoms with E-state index in [0.717, 1.165) is 74.4 Å². The summed E-state index contributed by atoms with van der Waals surface area (Å²) in [7, 11) is 0. The summed E-state index contributed by atoms with van der Waals surface area (Å²) in [6.07, 6.45) is 6.77. The lowest BCUT2D eigenvalue weighted by atomic mass is 9.96. The van der Waals surface area contributed by atoms with Gasteiger partial charge < -0.3 is 14.2 Å². The number of carbonyl (C=O) groups is 1. The number of hydrogen-bond donors (Lipinski definition) is 0. The number of aromatic nitrogens is 2. The van der Waals surface area contributed by atoms with Crippen LogP contribution in [0.1, 0.15) is 55.7 Å².